The second kappa shape index (κ2) is 7.69. The third kappa shape index (κ3) is 3.83. The molecule has 0 aliphatic heterocycles. The van der Waals surface area contributed by atoms with Gasteiger partial charge in [-0.3, -0.25) is 9.69 Å². The molecule has 0 atom stereocenters. The summed E-state index contributed by atoms with van der Waals surface area (Å²) in [5.74, 6) is -0.374. The molecule has 0 fully saturated rings. The SMILES string of the molecule is CCOC(=O)CCN(C(N)=O)c1cnc2[nH]c(-c3ccccc3)cc2c1. The molecule has 0 saturated carbocycles. The van der Waals surface area contributed by atoms with Gasteiger partial charge in [-0.1, -0.05) is 30.3 Å². The Hall–Kier alpha value is -3.35. The highest BCUT2D eigenvalue weighted by atomic mass is 16.5. The summed E-state index contributed by atoms with van der Waals surface area (Å²) in [6.45, 7) is 2.17. The zero-order chi connectivity index (χ0) is 18.5. The quantitative estimate of drug-likeness (QED) is 0.666. The number of primary amides is 1. The standard InChI is InChI=1S/C19H20N4O3/c1-2-26-17(24)8-9-23(19(20)25)15-10-14-11-16(22-18(14)21-12-15)13-6-4-3-5-7-13/h3-7,10-12H,2,8-9H2,1H3,(H2,20,25)(H,21,22). The Bertz CT molecular complexity index is 921. The molecule has 0 aliphatic rings. The molecule has 3 aromatic rings. The summed E-state index contributed by atoms with van der Waals surface area (Å²) in [6, 6.07) is 13.0. The van der Waals surface area contributed by atoms with Crippen LogP contribution in [0.15, 0.2) is 48.7 Å². The van der Waals surface area contributed by atoms with E-state index in [2.05, 4.69) is 9.97 Å². The number of anilines is 1. The lowest BCUT2D eigenvalue weighted by Gasteiger charge is -2.19. The van der Waals surface area contributed by atoms with Crippen LogP contribution in [-0.4, -0.2) is 35.1 Å². The van der Waals surface area contributed by atoms with Crippen molar-refractivity contribution in [2.75, 3.05) is 18.1 Å². The van der Waals surface area contributed by atoms with E-state index in [1.54, 1.807) is 13.1 Å². The summed E-state index contributed by atoms with van der Waals surface area (Å²) in [6.07, 6.45) is 1.63. The molecule has 2 amide bonds. The van der Waals surface area contributed by atoms with E-state index in [0.29, 0.717) is 17.9 Å². The van der Waals surface area contributed by atoms with E-state index < -0.39 is 6.03 Å². The Morgan fingerprint density at radius 3 is 2.69 bits per heavy atom. The van der Waals surface area contributed by atoms with Crippen molar-refractivity contribution in [3.63, 3.8) is 0 Å². The van der Waals surface area contributed by atoms with E-state index in [0.717, 1.165) is 16.6 Å². The van der Waals surface area contributed by atoms with Gasteiger partial charge in [-0.15, -0.1) is 0 Å². The van der Waals surface area contributed by atoms with Gasteiger partial charge in [0.25, 0.3) is 0 Å². The number of nitrogens with two attached hydrogens (primary N) is 1. The molecule has 26 heavy (non-hydrogen) atoms. The number of hydrogen-bond donors (Lipinski definition) is 2. The van der Waals surface area contributed by atoms with Gasteiger partial charge >= 0.3 is 12.0 Å². The molecule has 7 nitrogen and oxygen atoms in total. The normalized spacial score (nSPS) is 10.7. The number of fused-ring (bicyclic) bond motifs is 1. The molecule has 2 heterocycles. The molecule has 3 N–H and O–H groups in total. The molecule has 0 bridgehead atoms. The summed E-state index contributed by atoms with van der Waals surface area (Å²) in [5.41, 5.74) is 8.69. The van der Waals surface area contributed by atoms with Gasteiger partial charge in [0, 0.05) is 17.6 Å². The number of nitrogens with zero attached hydrogens (tertiary/aromatic N) is 2. The molecule has 1 aromatic carbocycles. The summed E-state index contributed by atoms with van der Waals surface area (Å²) in [7, 11) is 0. The maximum absolute atomic E-state index is 11.8. The number of hydrogen-bond acceptors (Lipinski definition) is 4. The van der Waals surface area contributed by atoms with Gasteiger partial charge in [0.05, 0.1) is 24.9 Å². The lowest BCUT2D eigenvalue weighted by Crippen LogP contribution is -2.37. The largest absolute Gasteiger partial charge is 0.466 e. The van der Waals surface area contributed by atoms with E-state index in [4.69, 9.17) is 10.5 Å². The molecular weight excluding hydrogens is 332 g/mol. The number of H-pyrrole nitrogens is 1. The van der Waals surface area contributed by atoms with Crippen molar-refractivity contribution in [1.29, 1.82) is 0 Å². The van der Waals surface area contributed by atoms with Crippen molar-refractivity contribution in [1.82, 2.24) is 9.97 Å². The van der Waals surface area contributed by atoms with Gasteiger partial charge in [0.2, 0.25) is 0 Å². The second-order valence-corrected chi connectivity index (χ2v) is 5.73. The van der Waals surface area contributed by atoms with Crippen LogP contribution in [0.4, 0.5) is 10.5 Å². The number of rotatable bonds is 6. The van der Waals surface area contributed by atoms with Gasteiger partial charge in [0.1, 0.15) is 5.65 Å². The molecule has 0 unspecified atom stereocenters. The van der Waals surface area contributed by atoms with Crippen LogP contribution in [0.5, 0.6) is 0 Å². The number of carbonyl (C=O) groups is 2. The van der Waals surface area contributed by atoms with Crippen LogP contribution in [0, 0.1) is 0 Å². The number of amides is 2. The van der Waals surface area contributed by atoms with Crippen molar-refractivity contribution in [3.05, 3.63) is 48.7 Å². The smallest absolute Gasteiger partial charge is 0.319 e. The lowest BCUT2D eigenvalue weighted by molar-refractivity contribution is -0.142. The van der Waals surface area contributed by atoms with Crippen molar-refractivity contribution in [2.24, 2.45) is 5.73 Å². The van der Waals surface area contributed by atoms with Crippen molar-refractivity contribution < 1.29 is 14.3 Å². The van der Waals surface area contributed by atoms with Gasteiger partial charge in [0.15, 0.2) is 0 Å². The predicted molar refractivity (Wildman–Crippen MR) is 99.7 cm³/mol. The zero-order valence-electron chi connectivity index (χ0n) is 14.4. The van der Waals surface area contributed by atoms with Crippen LogP contribution in [0.25, 0.3) is 22.3 Å². The van der Waals surface area contributed by atoms with E-state index in [1.807, 2.05) is 42.5 Å². The number of pyridine rings is 1. The summed E-state index contributed by atoms with van der Waals surface area (Å²) in [4.78, 5) is 32.3. The minimum atomic E-state index is -0.644. The highest BCUT2D eigenvalue weighted by Gasteiger charge is 2.16. The number of carbonyl (C=O) groups excluding carboxylic acids is 2. The Balaban J connectivity index is 1.86. The fourth-order valence-electron chi connectivity index (χ4n) is 2.73. The third-order valence-corrected chi connectivity index (χ3v) is 3.96. The molecule has 2 aromatic heterocycles. The van der Waals surface area contributed by atoms with Gasteiger partial charge in [-0.05, 0) is 24.6 Å². The number of urea groups is 1. The Kier molecular flexibility index (Phi) is 5.17. The average molecular weight is 352 g/mol. The molecule has 134 valence electrons. The number of nitrogens with one attached hydrogen (secondary N) is 1. The topological polar surface area (TPSA) is 101 Å². The number of benzene rings is 1. The molecule has 0 radical (unpaired) electrons. The fraction of sp³-hybridized carbons (Fsp3) is 0.211. The first-order valence-electron chi connectivity index (χ1n) is 8.35. The van der Waals surface area contributed by atoms with Crippen LogP contribution in [-0.2, 0) is 9.53 Å². The van der Waals surface area contributed by atoms with E-state index in [1.165, 1.54) is 4.90 Å². The number of aromatic nitrogens is 2. The Morgan fingerprint density at radius 2 is 2.00 bits per heavy atom. The second-order valence-electron chi connectivity index (χ2n) is 5.73. The third-order valence-electron chi connectivity index (χ3n) is 3.96. The van der Waals surface area contributed by atoms with Crippen molar-refractivity contribution in [3.8, 4) is 11.3 Å². The van der Waals surface area contributed by atoms with Crippen LogP contribution in [0.1, 0.15) is 13.3 Å². The number of aromatic amines is 1. The minimum Gasteiger partial charge on any atom is -0.466 e. The van der Waals surface area contributed by atoms with E-state index in [9.17, 15) is 9.59 Å². The molecular formula is C19H20N4O3. The average Bonchev–Trinajstić information content (AvgIpc) is 3.06. The van der Waals surface area contributed by atoms with Crippen LogP contribution in [0.3, 0.4) is 0 Å². The molecule has 0 spiro atoms. The lowest BCUT2D eigenvalue weighted by atomic mass is 10.1. The zero-order valence-corrected chi connectivity index (χ0v) is 14.4. The van der Waals surface area contributed by atoms with Gasteiger partial charge in [-0.25, -0.2) is 9.78 Å². The van der Waals surface area contributed by atoms with Crippen LogP contribution in [0.2, 0.25) is 0 Å². The first-order valence-corrected chi connectivity index (χ1v) is 8.35. The number of ether oxygens (including phenoxy) is 1. The Morgan fingerprint density at radius 1 is 1.23 bits per heavy atom. The first-order chi connectivity index (χ1) is 12.6. The maximum Gasteiger partial charge on any atom is 0.319 e. The van der Waals surface area contributed by atoms with E-state index in [-0.39, 0.29) is 18.9 Å². The van der Waals surface area contributed by atoms with Gasteiger partial charge in [-0.2, -0.15) is 0 Å². The molecule has 0 aliphatic carbocycles. The molecule has 7 heteroatoms. The van der Waals surface area contributed by atoms with Crippen molar-refractivity contribution >= 4 is 28.7 Å². The molecule has 3 rings (SSSR count). The van der Waals surface area contributed by atoms with Gasteiger partial charge < -0.3 is 15.5 Å². The fourth-order valence-corrected chi connectivity index (χ4v) is 2.73. The maximum atomic E-state index is 11.8. The Labute approximate surface area is 150 Å². The highest BCUT2D eigenvalue weighted by Crippen LogP contribution is 2.26. The summed E-state index contributed by atoms with van der Waals surface area (Å²) in [5, 5.41) is 0.851. The first kappa shape index (κ1) is 17.5. The van der Waals surface area contributed by atoms with Crippen LogP contribution >= 0.6 is 0 Å². The van der Waals surface area contributed by atoms with Crippen LogP contribution < -0.4 is 10.6 Å². The molecule has 0 saturated heterocycles. The minimum absolute atomic E-state index is 0.0667. The van der Waals surface area contributed by atoms with E-state index >= 15 is 0 Å². The summed E-state index contributed by atoms with van der Waals surface area (Å²) >= 11 is 0. The summed E-state index contributed by atoms with van der Waals surface area (Å²) < 4.78 is 4.89. The van der Waals surface area contributed by atoms with Crippen molar-refractivity contribution in [2.45, 2.75) is 13.3 Å². The monoisotopic (exact) mass is 352 g/mol. The predicted octanol–water partition coefficient (Wildman–Crippen LogP) is 3.07. The number of esters is 1. The highest BCUT2D eigenvalue weighted by molar-refractivity contribution is 5.94.